The summed E-state index contributed by atoms with van der Waals surface area (Å²) < 4.78 is 12.0. The lowest BCUT2D eigenvalue weighted by atomic mass is 9.97. The van der Waals surface area contributed by atoms with Crippen molar-refractivity contribution in [3.8, 4) is 0 Å². The molecule has 2 amide bonds. The summed E-state index contributed by atoms with van der Waals surface area (Å²) in [5.41, 5.74) is 1.07. The van der Waals surface area contributed by atoms with E-state index >= 15 is 0 Å². The lowest BCUT2D eigenvalue weighted by molar-refractivity contribution is 0.234. The summed E-state index contributed by atoms with van der Waals surface area (Å²) in [6.45, 7) is 0.456. The van der Waals surface area contributed by atoms with E-state index in [1.165, 1.54) is 32.1 Å². The van der Waals surface area contributed by atoms with Crippen LogP contribution in [0, 0.1) is 0 Å². The highest BCUT2D eigenvalue weighted by Crippen LogP contribution is 2.16. The molecular weight excluding hydrogens is 308 g/mol. The van der Waals surface area contributed by atoms with E-state index in [0.29, 0.717) is 24.1 Å². The Morgan fingerprint density at radius 2 is 1.70 bits per heavy atom. The summed E-state index contributed by atoms with van der Waals surface area (Å²) in [6, 6.07) is 9.99. The first-order chi connectivity index (χ1) is 11.2. The molecule has 1 atom stereocenters. The number of hydrogen-bond acceptors (Lipinski definition) is 2. The second-order valence-corrected chi connectivity index (χ2v) is 7.79. The topological polar surface area (TPSA) is 58.2 Å². The number of carbonyl (C=O) groups is 1. The summed E-state index contributed by atoms with van der Waals surface area (Å²) in [4.78, 5) is 11.9. The van der Waals surface area contributed by atoms with E-state index in [0.717, 1.165) is 18.4 Å². The molecule has 1 fully saturated rings. The molecule has 1 saturated carbocycles. The third-order valence-corrected chi connectivity index (χ3v) is 5.54. The van der Waals surface area contributed by atoms with Crippen LogP contribution >= 0.6 is 0 Å². The van der Waals surface area contributed by atoms with E-state index in [1.807, 2.05) is 30.3 Å². The molecule has 23 heavy (non-hydrogen) atoms. The van der Waals surface area contributed by atoms with Crippen LogP contribution < -0.4 is 10.6 Å². The molecule has 1 aliphatic carbocycles. The molecule has 0 heterocycles. The highest BCUT2D eigenvalue weighted by Gasteiger charge is 2.13. The minimum Gasteiger partial charge on any atom is -0.337 e. The number of amides is 2. The molecule has 128 valence electrons. The van der Waals surface area contributed by atoms with Gasteiger partial charge in [-0.05, 0) is 18.4 Å². The number of rotatable bonds is 6. The van der Waals surface area contributed by atoms with E-state index in [9.17, 15) is 9.00 Å². The van der Waals surface area contributed by atoms with Crippen LogP contribution in [0.25, 0.3) is 0 Å². The Bertz CT molecular complexity index is 485. The summed E-state index contributed by atoms with van der Waals surface area (Å²) in [5.74, 6) is 1.04. The molecule has 0 radical (unpaired) electrons. The van der Waals surface area contributed by atoms with Crippen molar-refractivity contribution >= 4 is 16.8 Å². The molecule has 4 nitrogen and oxygen atoms in total. The number of nitrogens with one attached hydrogen (secondary N) is 2. The maximum Gasteiger partial charge on any atom is 0.315 e. The molecular formula is C18H28N2O2S. The Morgan fingerprint density at radius 1 is 1.04 bits per heavy atom. The second kappa shape index (κ2) is 10.4. The molecule has 0 aliphatic heterocycles. The average Bonchev–Trinajstić information content (AvgIpc) is 2.51. The summed E-state index contributed by atoms with van der Waals surface area (Å²) in [7, 11) is -0.942. The maximum absolute atomic E-state index is 12.0. The van der Waals surface area contributed by atoms with Gasteiger partial charge >= 0.3 is 6.03 Å². The van der Waals surface area contributed by atoms with Gasteiger partial charge in [-0.1, -0.05) is 62.4 Å². The first-order valence-corrected chi connectivity index (χ1v) is 10.2. The largest absolute Gasteiger partial charge is 0.337 e. The van der Waals surface area contributed by atoms with Crippen molar-refractivity contribution in [1.82, 2.24) is 10.6 Å². The maximum atomic E-state index is 12.0. The van der Waals surface area contributed by atoms with E-state index in [1.54, 1.807) is 0 Å². The molecule has 1 aromatic carbocycles. The predicted molar refractivity (Wildman–Crippen MR) is 95.8 cm³/mol. The molecule has 0 aromatic heterocycles. The van der Waals surface area contributed by atoms with Crippen molar-refractivity contribution in [3.05, 3.63) is 35.9 Å². The molecule has 0 bridgehead atoms. The van der Waals surface area contributed by atoms with Gasteiger partial charge in [0.2, 0.25) is 0 Å². The summed E-state index contributed by atoms with van der Waals surface area (Å²) >= 11 is 0. The zero-order valence-electron chi connectivity index (χ0n) is 13.8. The Morgan fingerprint density at radius 3 is 2.39 bits per heavy atom. The predicted octanol–water partition coefficient (Wildman–Crippen LogP) is 3.35. The lowest BCUT2D eigenvalue weighted by Gasteiger charge is -2.21. The third kappa shape index (κ3) is 7.64. The molecule has 2 rings (SSSR count). The fraction of sp³-hybridized carbons (Fsp3) is 0.611. The van der Waals surface area contributed by atoms with Crippen LogP contribution in [0.4, 0.5) is 4.79 Å². The van der Waals surface area contributed by atoms with Crippen LogP contribution in [0.3, 0.4) is 0 Å². The zero-order chi connectivity index (χ0) is 16.3. The van der Waals surface area contributed by atoms with Crippen molar-refractivity contribution in [3.63, 3.8) is 0 Å². The summed E-state index contributed by atoms with van der Waals surface area (Å²) in [5, 5.41) is 5.90. The molecule has 5 heteroatoms. The van der Waals surface area contributed by atoms with Crippen LogP contribution in [-0.2, 0) is 16.6 Å². The number of carbonyl (C=O) groups excluding carboxylic acids is 1. The SMILES string of the molecule is O=C(NCCS(=O)Cc1ccccc1)NC1CCCCCCC1. The molecule has 0 saturated heterocycles. The monoisotopic (exact) mass is 336 g/mol. The van der Waals surface area contributed by atoms with E-state index in [-0.39, 0.29) is 6.03 Å². The van der Waals surface area contributed by atoms with Gasteiger partial charge in [-0.2, -0.15) is 0 Å². The fourth-order valence-corrected chi connectivity index (χ4v) is 3.99. The zero-order valence-corrected chi connectivity index (χ0v) is 14.6. The Labute approximate surface area is 141 Å². The minimum absolute atomic E-state index is 0.118. The van der Waals surface area contributed by atoms with Crippen molar-refractivity contribution in [2.24, 2.45) is 0 Å². The standard InChI is InChI=1S/C18H28N2O2S/c21-18(20-17-11-7-2-1-3-8-12-17)19-13-14-23(22)15-16-9-5-4-6-10-16/h4-6,9-10,17H,1-3,7-8,11-15H2,(H2,19,20,21). The highest BCUT2D eigenvalue weighted by molar-refractivity contribution is 7.84. The quantitative estimate of drug-likeness (QED) is 0.837. The number of hydrogen-bond donors (Lipinski definition) is 2. The third-order valence-electron chi connectivity index (χ3n) is 4.23. The first-order valence-electron chi connectivity index (χ1n) is 8.67. The van der Waals surface area contributed by atoms with Crippen molar-refractivity contribution in [1.29, 1.82) is 0 Å². The van der Waals surface area contributed by atoms with E-state index in [2.05, 4.69) is 10.6 Å². The number of benzene rings is 1. The molecule has 0 spiro atoms. The summed E-state index contributed by atoms with van der Waals surface area (Å²) in [6.07, 6.45) is 8.43. The lowest BCUT2D eigenvalue weighted by Crippen LogP contribution is -2.43. The van der Waals surface area contributed by atoms with E-state index in [4.69, 9.17) is 0 Å². The van der Waals surface area contributed by atoms with Crippen LogP contribution in [0.5, 0.6) is 0 Å². The second-order valence-electron chi connectivity index (χ2n) is 6.22. The molecule has 1 aliphatic rings. The van der Waals surface area contributed by atoms with Crippen molar-refractivity contribution in [2.45, 2.75) is 56.7 Å². The first kappa shape index (κ1) is 18.0. The molecule has 1 aromatic rings. The van der Waals surface area contributed by atoms with Gasteiger partial charge in [-0.3, -0.25) is 4.21 Å². The smallest absolute Gasteiger partial charge is 0.315 e. The van der Waals surface area contributed by atoms with Gasteiger partial charge in [0.15, 0.2) is 0 Å². The van der Waals surface area contributed by atoms with Crippen LogP contribution in [-0.4, -0.2) is 28.6 Å². The van der Waals surface area contributed by atoms with Crippen LogP contribution in [0.15, 0.2) is 30.3 Å². The van der Waals surface area contributed by atoms with Gasteiger partial charge < -0.3 is 10.6 Å². The Hall–Kier alpha value is -1.36. The van der Waals surface area contributed by atoms with Gasteiger partial charge in [0, 0.05) is 34.9 Å². The van der Waals surface area contributed by atoms with Gasteiger partial charge in [0.25, 0.3) is 0 Å². The van der Waals surface area contributed by atoms with E-state index < -0.39 is 10.8 Å². The Kier molecular flexibility index (Phi) is 8.15. The van der Waals surface area contributed by atoms with Crippen LogP contribution in [0.2, 0.25) is 0 Å². The van der Waals surface area contributed by atoms with Gasteiger partial charge in [0.05, 0.1) is 0 Å². The van der Waals surface area contributed by atoms with Crippen molar-refractivity contribution < 1.29 is 9.00 Å². The van der Waals surface area contributed by atoms with Gasteiger partial charge in [0.1, 0.15) is 0 Å². The Balaban J connectivity index is 1.61. The molecule has 1 unspecified atom stereocenters. The van der Waals surface area contributed by atoms with Gasteiger partial charge in [-0.25, -0.2) is 4.79 Å². The van der Waals surface area contributed by atoms with Gasteiger partial charge in [-0.15, -0.1) is 0 Å². The molecule has 2 N–H and O–H groups in total. The van der Waals surface area contributed by atoms with Crippen LogP contribution in [0.1, 0.15) is 50.5 Å². The minimum atomic E-state index is -0.942. The fourth-order valence-electron chi connectivity index (χ4n) is 2.95. The number of urea groups is 1. The highest BCUT2D eigenvalue weighted by atomic mass is 32.2. The average molecular weight is 337 g/mol. The normalized spacial score (nSPS) is 17.7. The van der Waals surface area contributed by atoms with Crippen molar-refractivity contribution in [2.75, 3.05) is 12.3 Å².